The van der Waals surface area contributed by atoms with Crippen LogP contribution in [0.5, 0.6) is 11.5 Å². The summed E-state index contributed by atoms with van der Waals surface area (Å²) in [6.45, 7) is 4.69. The molecule has 8 rings (SSSR count). The molecule has 1 saturated carbocycles. The number of carboxylic acid groups (broad SMARTS) is 2. The van der Waals surface area contributed by atoms with Crippen molar-refractivity contribution >= 4 is 86.1 Å². The summed E-state index contributed by atoms with van der Waals surface area (Å²) < 4.78 is 2.17. The van der Waals surface area contributed by atoms with E-state index in [0.29, 0.717) is 41.8 Å². The number of phenolic OH excluding ortho intramolecular Hbond substituents is 2. The van der Waals surface area contributed by atoms with Crippen LogP contribution in [0.2, 0.25) is 5.02 Å². The minimum Gasteiger partial charge on any atom is -0.504 e. The number of hydrogen-bond acceptors (Lipinski definition) is 14. The number of hydrogen-bond donors (Lipinski definition) is 7. The van der Waals surface area contributed by atoms with Gasteiger partial charge < -0.3 is 50.7 Å². The van der Waals surface area contributed by atoms with Gasteiger partial charge in [-0.05, 0) is 26.7 Å². The van der Waals surface area contributed by atoms with Crippen molar-refractivity contribution in [2.45, 2.75) is 61.4 Å². The Morgan fingerprint density at radius 2 is 1.91 bits per heavy atom. The van der Waals surface area contributed by atoms with Crippen molar-refractivity contribution in [3.8, 4) is 11.5 Å². The van der Waals surface area contributed by atoms with Gasteiger partial charge in [-0.15, -0.1) is 23.1 Å². The number of β-lactam (4-membered cyclic amide) rings is 1. The van der Waals surface area contributed by atoms with Gasteiger partial charge in [0, 0.05) is 46.8 Å². The van der Waals surface area contributed by atoms with E-state index in [-0.39, 0.29) is 56.2 Å². The first-order valence-electron chi connectivity index (χ1n) is 18.3. The second-order valence-corrected chi connectivity index (χ2v) is 18.1. The quantitative estimate of drug-likeness (QED) is 0.0446. The zero-order valence-corrected chi connectivity index (χ0v) is 33.3. The Labute approximate surface area is 341 Å². The predicted molar refractivity (Wildman–Crippen MR) is 209 cm³/mol. The fraction of sp³-hybridized carbons (Fsp3) is 0.444. The number of nitrogens with one attached hydrogen (secondary N) is 2. The maximum Gasteiger partial charge on any atom is 0.352 e. The molecule has 19 nitrogen and oxygen atoms in total. The average molecular weight is 858 g/mol. The highest BCUT2D eigenvalue weighted by molar-refractivity contribution is 8.01. The summed E-state index contributed by atoms with van der Waals surface area (Å²) in [5.74, 6) is -5.93. The van der Waals surface area contributed by atoms with Crippen molar-refractivity contribution in [2.75, 3.05) is 38.5 Å². The van der Waals surface area contributed by atoms with Crippen LogP contribution in [0.25, 0.3) is 10.9 Å². The molecule has 2 bridgehead atoms. The smallest absolute Gasteiger partial charge is 0.352 e. The van der Waals surface area contributed by atoms with Crippen LogP contribution in [0, 0.1) is 5.92 Å². The fourth-order valence-electron chi connectivity index (χ4n) is 8.21. The maximum atomic E-state index is 13.7. The van der Waals surface area contributed by atoms with E-state index in [1.165, 1.54) is 48.2 Å². The summed E-state index contributed by atoms with van der Waals surface area (Å²) in [4.78, 5) is 89.3. The topological polar surface area (TPSA) is 276 Å². The molecule has 4 aliphatic heterocycles. The number of phenols is 2. The summed E-state index contributed by atoms with van der Waals surface area (Å²) in [6.07, 6.45) is 3.79. The molecule has 5 atom stereocenters. The van der Waals surface area contributed by atoms with Gasteiger partial charge in [-0.1, -0.05) is 16.8 Å². The molecule has 8 N–H and O–H groups in total. The number of halogens is 1. The van der Waals surface area contributed by atoms with Crippen molar-refractivity contribution in [1.82, 2.24) is 25.1 Å². The number of aromatic hydroxyl groups is 2. The van der Waals surface area contributed by atoms with Gasteiger partial charge in [-0.3, -0.25) is 24.1 Å². The molecule has 306 valence electrons. The number of piperidine rings is 1. The number of pyridine rings is 1. The number of quaternary nitrogens is 1. The Morgan fingerprint density at radius 3 is 2.57 bits per heavy atom. The number of thioether (sulfide) groups is 1. The van der Waals surface area contributed by atoms with Gasteiger partial charge in [0.15, 0.2) is 22.3 Å². The number of benzene rings is 1. The number of fused-ring (bicyclic) bond motifs is 6. The van der Waals surface area contributed by atoms with Gasteiger partial charge in [-0.25, -0.2) is 14.6 Å². The minimum atomic E-state index is -1.81. The molecule has 1 aliphatic carbocycles. The molecule has 1 aromatic carbocycles. The first-order valence-corrected chi connectivity index (χ1v) is 20.5. The number of aromatic nitrogens is 2. The Balaban J connectivity index is 0.991. The number of thiazole rings is 1. The van der Waals surface area contributed by atoms with E-state index in [0.717, 1.165) is 30.6 Å². The number of nitrogens with zero attached hydrogens (tertiary/aromatic N) is 5. The zero-order chi connectivity index (χ0) is 41.6. The first kappa shape index (κ1) is 39.4. The Kier molecular flexibility index (Phi) is 9.64. The highest BCUT2D eigenvalue weighted by Crippen LogP contribution is 2.52. The number of nitrogen functional groups attached to an aromatic ring is 1. The Bertz CT molecular complexity index is 2460. The Hall–Kier alpha value is -5.38. The van der Waals surface area contributed by atoms with Crippen LogP contribution in [-0.2, 0) is 24.0 Å². The number of carbonyl (C=O) groups is 5. The van der Waals surface area contributed by atoms with E-state index < -0.39 is 69.3 Å². The first-order chi connectivity index (χ1) is 27.4. The molecule has 22 heteroatoms. The SMILES string of the molecule is CC(C)(ON=C(C(=O)NC1C(=O)N2C(C(=O)O)=C3C[N+]4(CCNC(=O)c5cn(C6CC6)c6cc(O)c(O)c(Cl)c6c5=O)CCC(C4)C3SC12)c1csc(N)n1)C(=O)O. The van der Waals surface area contributed by atoms with Crippen molar-refractivity contribution < 1.29 is 53.7 Å². The molecule has 4 fully saturated rings. The Morgan fingerprint density at radius 1 is 1.17 bits per heavy atom. The molecule has 5 unspecified atom stereocenters. The van der Waals surface area contributed by atoms with Crippen molar-refractivity contribution in [3.63, 3.8) is 0 Å². The van der Waals surface area contributed by atoms with Crippen LogP contribution >= 0.6 is 34.7 Å². The average Bonchev–Trinajstić information content (AvgIpc) is 3.83. The van der Waals surface area contributed by atoms with E-state index in [2.05, 4.69) is 20.8 Å². The molecule has 3 aromatic rings. The van der Waals surface area contributed by atoms with Gasteiger partial charge in [0.25, 0.3) is 17.7 Å². The monoisotopic (exact) mass is 857 g/mol. The number of nitrogens with two attached hydrogens (primary N) is 1. The van der Waals surface area contributed by atoms with Gasteiger partial charge in [-0.2, -0.15) is 0 Å². The van der Waals surface area contributed by atoms with Gasteiger partial charge in [0.05, 0.1) is 42.1 Å². The van der Waals surface area contributed by atoms with Crippen LogP contribution in [0.3, 0.4) is 0 Å². The molecule has 58 heavy (non-hydrogen) atoms. The fourth-order valence-corrected chi connectivity index (χ4v) is 10.8. The van der Waals surface area contributed by atoms with Gasteiger partial charge in [0.1, 0.15) is 34.9 Å². The van der Waals surface area contributed by atoms with Crippen LogP contribution in [0.1, 0.15) is 55.2 Å². The van der Waals surface area contributed by atoms with Crippen LogP contribution in [0.4, 0.5) is 5.13 Å². The summed E-state index contributed by atoms with van der Waals surface area (Å²) in [5.41, 5.74) is 3.45. The van der Waals surface area contributed by atoms with Crippen molar-refractivity contribution in [2.24, 2.45) is 11.1 Å². The molecule has 5 aliphatic rings. The van der Waals surface area contributed by atoms with Gasteiger partial charge in [0.2, 0.25) is 11.0 Å². The van der Waals surface area contributed by atoms with Crippen molar-refractivity contribution in [1.29, 1.82) is 0 Å². The number of amides is 3. The van der Waals surface area contributed by atoms with E-state index >= 15 is 0 Å². The molecule has 6 heterocycles. The minimum absolute atomic E-state index is 0.00215. The summed E-state index contributed by atoms with van der Waals surface area (Å²) in [6, 6.07) is 0.119. The number of aliphatic carboxylic acids is 2. The normalized spacial score (nSPS) is 25.2. The second kappa shape index (κ2) is 14.2. The summed E-state index contributed by atoms with van der Waals surface area (Å²) >= 11 is 8.71. The van der Waals surface area contributed by atoms with Crippen molar-refractivity contribution in [3.05, 3.63) is 55.4 Å². The zero-order valence-electron chi connectivity index (χ0n) is 30.9. The third kappa shape index (κ3) is 6.58. The lowest BCUT2D eigenvalue weighted by Crippen LogP contribution is -2.72. The molecule has 0 radical (unpaired) electrons. The van der Waals surface area contributed by atoms with E-state index in [4.69, 9.17) is 22.2 Å². The lowest BCUT2D eigenvalue weighted by atomic mass is 9.90. The number of anilines is 1. The molecule has 3 saturated heterocycles. The maximum absolute atomic E-state index is 13.7. The van der Waals surface area contributed by atoms with E-state index in [1.807, 2.05) is 0 Å². The third-order valence-electron chi connectivity index (χ3n) is 11.4. The lowest BCUT2D eigenvalue weighted by molar-refractivity contribution is -0.914. The molecular formula is C36H38ClN8O11S2+. The van der Waals surface area contributed by atoms with Gasteiger partial charge >= 0.3 is 11.9 Å². The lowest BCUT2D eigenvalue weighted by Gasteiger charge is -2.54. The number of oxime groups is 1. The van der Waals surface area contributed by atoms with Crippen LogP contribution in [0.15, 0.2) is 38.9 Å². The van der Waals surface area contributed by atoms with Crippen LogP contribution in [-0.4, -0.2) is 130 Å². The predicted octanol–water partition coefficient (Wildman–Crippen LogP) is 1.41. The highest BCUT2D eigenvalue weighted by Gasteiger charge is 2.61. The molecule has 0 spiro atoms. The summed E-state index contributed by atoms with van der Waals surface area (Å²) in [5, 5.41) is 49.7. The standard InChI is InChI=1S/C36H37ClN8O11S2/c1-36(2,34(54)55)56-42-23(18-13-57-35(38)40-18)30(50)41-24-31(51)44-25(33(52)53)17-12-45(7-5-14(11-45)28(17)58-32(24)44)8-6-39-29(49)16-10-43(15-3-4-15)19-9-20(46)27(48)22(37)21(19)26(16)47/h9-10,13-15,24,28,32H,3-8,11-12H2,1-2H3,(H7-,38,39,40,41,42,46,47,48,49,50,52,53,54,55)/p+1. The largest absolute Gasteiger partial charge is 0.504 e. The number of carbonyl (C=O) groups excluding carboxylic acids is 3. The molecule has 2 aromatic heterocycles. The number of carboxylic acids is 2. The molecule has 3 amide bonds. The van der Waals surface area contributed by atoms with Crippen LogP contribution < -0.4 is 21.8 Å². The molecular weight excluding hydrogens is 820 g/mol. The second-order valence-electron chi connectivity index (χ2n) is 15.6. The van der Waals surface area contributed by atoms with E-state index in [1.54, 1.807) is 4.57 Å². The van der Waals surface area contributed by atoms with E-state index in [9.17, 15) is 49.2 Å². The number of rotatable bonds is 12. The third-order valence-corrected chi connectivity index (χ3v) is 14.1. The summed E-state index contributed by atoms with van der Waals surface area (Å²) in [7, 11) is 0. The highest BCUT2D eigenvalue weighted by atomic mass is 35.5.